The molecule has 5 heteroatoms. The Morgan fingerprint density at radius 2 is 2.00 bits per heavy atom. The van der Waals surface area contributed by atoms with Crippen molar-refractivity contribution >= 4 is 11.9 Å². The van der Waals surface area contributed by atoms with Crippen LogP contribution in [0.4, 0.5) is 0 Å². The van der Waals surface area contributed by atoms with Gasteiger partial charge >= 0.3 is 0 Å². The first kappa shape index (κ1) is 11.7. The van der Waals surface area contributed by atoms with Gasteiger partial charge in [0, 0.05) is 13.6 Å². The normalized spacial score (nSPS) is 11.8. The van der Waals surface area contributed by atoms with E-state index in [0.29, 0.717) is 11.9 Å². The summed E-state index contributed by atoms with van der Waals surface area (Å²) in [6.07, 6.45) is 1.05. The number of guanidine groups is 2. The number of nitrogens with two attached hydrogens (primary N) is 2. The minimum atomic E-state index is -0.256. The molecule has 0 aromatic carbocycles. The van der Waals surface area contributed by atoms with Crippen molar-refractivity contribution in [3.63, 3.8) is 0 Å². The lowest BCUT2D eigenvalue weighted by molar-refractivity contribution is 0.434. The van der Waals surface area contributed by atoms with Crippen LogP contribution in [0.5, 0.6) is 0 Å². The first-order chi connectivity index (χ1) is 5.93. The van der Waals surface area contributed by atoms with Crippen LogP contribution in [0.25, 0.3) is 0 Å². The number of hydrogen-bond donors (Lipinski definition) is 3. The Balaban J connectivity index is 3.96. The van der Waals surface area contributed by atoms with E-state index >= 15 is 0 Å². The fraction of sp³-hybridized carbons (Fsp3) is 0.750. The van der Waals surface area contributed by atoms with Gasteiger partial charge < -0.3 is 16.4 Å². The molecule has 0 aromatic rings. The van der Waals surface area contributed by atoms with E-state index in [4.69, 9.17) is 16.9 Å². The molecule has 0 spiro atoms. The molecule has 13 heavy (non-hydrogen) atoms. The van der Waals surface area contributed by atoms with Crippen molar-refractivity contribution in [2.24, 2.45) is 22.4 Å². The third-order valence-electron chi connectivity index (χ3n) is 1.67. The summed E-state index contributed by atoms with van der Waals surface area (Å²) in [5.41, 5.74) is 10.6. The number of rotatable bonds is 3. The lowest BCUT2D eigenvalue weighted by atomic mass is 10.1. The minimum Gasteiger partial charge on any atom is -0.369 e. The van der Waals surface area contributed by atoms with Crippen molar-refractivity contribution in [2.75, 3.05) is 13.6 Å². The Morgan fingerprint density at radius 1 is 1.46 bits per heavy atom. The summed E-state index contributed by atoms with van der Waals surface area (Å²) in [6, 6.07) is 0. The van der Waals surface area contributed by atoms with Crippen LogP contribution in [0, 0.1) is 11.3 Å². The topological polar surface area (TPSA) is 91.5 Å². The van der Waals surface area contributed by atoms with Gasteiger partial charge in [0.05, 0.1) is 0 Å². The molecule has 0 amide bonds. The summed E-state index contributed by atoms with van der Waals surface area (Å²) in [7, 11) is 1.84. The second-order valence-corrected chi connectivity index (χ2v) is 3.46. The Kier molecular flexibility index (Phi) is 4.87. The summed E-state index contributed by atoms with van der Waals surface area (Å²) in [4.78, 5) is 5.43. The molecule has 0 saturated carbocycles. The number of nitrogens with one attached hydrogen (secondary N) is 1. The Labute approximate surface area is 79.3 Å². The Hall–Kier alpha value is -1.26. The van der Waals surface area contributed by atoms with E-state index in [2.05, 4.69) is 18.8 Å². The second kappa shape index (κ2) is 5.40. The van der Waals surface area contributed by atoms with Gasteiger partial charge in [0.2, 0.25) is 5.96 Å². The average molecular weight is 185 g/mol. The van der Waals surface area contributed by atoms with E-state index in [1.165, 1.54) is 0 Å². The standard InChI is InChI=1S/C8H19N5/c1-6(2)4-5-13(3)8(11)12-7(9)10/h6H,4-5H2,1-3H3,(H5,9,10,11,12). The van der Waals surface area contributed by atoms with Gasteiger partial charge in [-0.1, -0.05) is 13.8 Å². The second-order valence-electron chi connectivity index (χ2n) is 3.46. The first-order valence-electron chi connectivity index (χ1n) is 4.32. The first-order valence-corrected chi connectivity index (χ1v) is 4.32. The highest BCUT2D eigenvalue weighted by Crippen LogP contribution is 1.99. The Bertz CT molecular complexity index is 197. The predicted molar refractivity (Wildman–Crippen MR) is 55.6 cm³/mol. The zero-order chi connectivity index (χ0) is 10.4. The van der Waals surface area contributed by atoms with Gasteiger partial charge in [-0.3, -0.25) is 5.41 Å². The number of hydrogen-bond acceptors (Lipinski definition) is 1. The molecule has 0 aliphatic carbocycles. The third kappa shape index (κ3) is 5.95. The van der Waals surface area contributed by atoms with Crippen LogP contribution >= 0.6 is 0 Å². The molecule has 5 nitrogen and oxygen atoms in total. The van der Waals surface area contributed by atoms with E-state index in [1.807, 2.05) is 7.05 Å². The molecule has 0 aliphatic rings. The SMILES string of the molecule is CC(C)CCN(C)C(N)=NC(=N)N. The van der Waals surface area contributed by atoms with Gasteiger partial charge in [-0.05, 0) is 12.3 Å². The van der Waals surface area contributed by atoms with Crippen molar-refractivity contribution in [1.29, 1.82) is 5.41 Å². The highest BCUT2D eigenvalue weighted by molar-refractivity contribution is 5.91. The van der Waals surface area contributed by atoms with E-state index in [9.17, 15) is 0 Å². The summed E-state index contributed by atoms with van der Waals surface area (Å²) in [5.74, 6) is 0.676. The maximum atomic E-state index is 6.92. The van der Waals surface area contributed by atoms with Gasteiger partial charge in [0.1, 0.15) is 0 Å². The minimum absolute atomic E-state index is 0.256. The van der Waals surface area contributed by atoms with Gasteiger partial charge in [-0.2, -0.15) is 4.99 Å². The van der Waals surface area contributed by atoms with Crippen LogP contribution in [0.2, 0.25) is 0 Å². The van der Waals surface area contributed by atoms with E-state index in [1.54, 1.807) is 4.90 Å². The zero-order valence-corrected chi connectivity index (χ0v) is 8.54. The molecule has 5 N–H and O–H groups in total. The van der Waals surface area contributed by atoms with Crippen molar-refractivity contribution < 1.29 is 0 Å². The average Bonchev–Trinajstić information content (AvgIpc) is 1.98. The molecule has 0 bridgehead atoms. The largest absolute Gasteiger partial charge is 0.369 e. The molecule has 0 fully saturated rings. The fourth-order valence-electron chi connectivity index (χ4n) is 0.775. The van der Waals surface area contributed by atoms with Crippen LogP contribution < -0.4 is 11.5 Å². The Morgan fingerprint density at radius 3 is 2.38 bits per heavy atom. The molecule has 0 rings (SSSR count). The molecular formula is C8H19N5. The molecule has 0 atom stereocenters. The van der Waals surface area contributed by atoms with Crippen molar-refractivity contribution in [1.82, 2.24) is 4.90 Å². The quantitative estimate of drug-likeness (QED) is 0.432. The molecule has 0 radical (unpaired) electrons. The van der Waals surface area contributed by atoms with Crippen molar-refractivity contribution in [3.8, 4) is 0 Å². The third-order valence-corrected chi connectivity index (χ3v) is 1.67. The van der Waals surface area contributed by atoms with Crippen LogP contribution in [0.15, 0.2) is 4.99 Å². The van der Waals surface area contributed by atoms with Gasteiger partial charge in [0.15, 0.2) is 5.96 Å². The molecular weight excluding hydrogens is 166 g/mol. The summed E-state index contributed by atoms with van der Waals surface area (Å²) in [6.45, 7) is 5.12. The molecule has 0 unspecified atom stereocenters. The summed E-state index contributed by atoms with van der Waals surface area (Å²) in [5, 5.41) is 6.92. The number of aliphatic imine (C=N–C) groups is 1. The maximum Gasteiger partial charge on any atom is 0.215 e. The maximum absolute atomic E-state index is 6.92. The lowest BCUT2D eigenvalue weighted by Gasteiger charge is -2.18. The highest BCUT2D eigenvalue weighted by atomic mass is 15.2. The van der Waals surface area contributed by atoms with Crippen molar-refractivity contribution in [3.05, 3.63) is 0 Å². The molecule has 0 aromatic heterocycles. The van der Waals surface area contributed by atoms with Gasteiger partial charge in [0.25, 0.3) is 0 Å². The van der Waals surface area contributed by atoms with Crippen LogP contribution in [-0.4, -0.2) is 30.4 Å². The van der Waals surface area contributed by atoms with Gasteiger partial charge in [-0.15, -0.1) is 0 Å². The smallest absolute Gasteiger partial charge is 0.215 e. The molecule has 0 heterocycles. The van der Waals surface area contributed by atoms with E-state index in [0.717, 1.165) is 13.0 Å². The summed E-state index contributed by atoms with van der Waals surface area (Å²) >= 11 is 0. The number of nitrogens with zero attached hydrogens (tertiary/aromatic N) is 2. The predicted octanol–water partition coefficient (Wildman–Crippen LogP) is 0.172. The van der Waals surface area contributed by atoms with E-state index in [-0.39, 0.29) is 5.96 Å². The van der Waals surface area contributed by atoms with Crippen LogP contribution in [-0.2, 0) is 0 Å². The molecule has 76 valence electrons. The van der Waals surface area contributed by atoms with Crippen LogP contribution in [0.3, 0.4) is 0 Å². The van der Waals surface area contributed by atoms with E-state index < -0.39 is 0 Å². The van der Waals surface area contributed by atoms with Gasteiger partial charge in [-0.25, -0.2) is 0 Å². The lowest BCUT2D eigenvalue weighted by Crippen LogP contribution is -2.36. The summed E-state index contributed by atoms with van der Waals surface area (Å²) < 4.78 is 0. The van der Waals surface area contributed by atoms with Crippen LogP contribution in [0.1, 0.15) is 20.3 Å². The monoisotopic (exact) mass is 185 g/mol. The fourth-order valence-corrected chi connectivity index (χ4v) is 0.775. The molecule has 0 saturated heterocycles. The zero-order valence-electron chi connectivity index (χ0n) is 8.54. The van der Waals surface area contributed by atoms with Crippen molar-refractivity contribution in [2.45, 2.75) is 20.3 Å². The highest BCUT2D eigenvalue weighted by Gasteiger charge is 2.02. The molecule has 0 aliphatic heterocycles.